The second-order valence-electron chi connectivity index (χ2n) is 5.80. The molecule has 0 saturated carbocycles. The van der Waals surface area contributed by atoms with Crippen LogP contribution in [0.1, 0.15) is 30.1 Å². The SMILES string of the molecule is Cc1cc([C@H]2CN(C(=O)[C@@H]3CCCN3)CCO2)ccc1F. The van der Waals surface area contributed by atoms with Gasteiger partial charge in [0, 0.05) is 6.54 Å². The maximum Gasteiger partial charge on any atom is 0.239 e. The third-order valence-electron chi connectivity index (χ3n) is 4.29. The zero-order chi connectivity index (χ0) is 14.8. The van der Waals surface area contributed by atoms with Crippen LogP contribution < -0.4 is 5.32 Å². The standard InChI is InChI=1S/C16H21FN2O2/c1-11-9-12(4-5-13(11)17)15-10-19(7-8-21-15)16(20)14-3-2-6-18-14/h4-5,9,14-15,18H,2-3,6-8,10H2,1H3/t14-,15+/m0/s1. The van der Waals surface area contributed by atoms with E-state index in [0.29, 0.717) is 25.3 Å². The van der Waals surface area contributed by atoms with E-state index in [9.17, 15) is 9.18 Å². The first-order chi connectivity index (χ1) is 10.1. The maximum absolute atomic E-state index is 13.4. The molecule has 0 unspecified atom stereocenters. The fraction of sp³-hybridized carbons (Fsp3) is 0.562. The number of nitrogens with zero attached hydrogens (tertiary/aromatic N) is 1. The van der Waals surface area contributed by atoms with E-state index < -0.39 is 0 Å². The molecule has 2 aliphatic heterocycles. The van der Waals surface area contributed by atoms with Crippen LogP contribution in [0.15, 0.2) is 18.2 Å². The smallest absolute Gasteiger partial charge is 0.239 e. The van der Waals surface area contributed by atoms with Gasteiger partial charge in [0.2, 0.25) is 5.91 Å². The predicted octanol–water partition coefficient (Wildman–Crippen LogP) is 1.79. The monoisotopic (exact) mass is 292 g/mol. The topological polar surface area (TPSA) is 41.6 Å². The van der Waals surface area contributed by atoms with Crippen LogP contribution in [0.25, 0.3) is 0 Å². The normalized spacial score (nSPS) is 26.1. The average Bonchev–Trinajstić information content (AvgIpc) is 3.04. The van der Waals surface area contributed by atoms with Crippen molar-refractivity contribution in [3.8, 4) is 0 Å². The Morgan fingerprint density at radius 3 is 3.05 bits per heavy atom. The van der Waals surface area contributed by atoms with Crippen molar-refractivity contribution in [1.29, 1.82) is 0 Å². The second-order valence-corrected chi connectivity index (χ2v) is 5.80. The van der Waals surface area contributed by atoms with Gasteiger partial charge in [0.1, 0.15) is 11.9 Å². The van der Waals surface area contributed by atoms with Crippen molar-refractivity contribution in [3.63, 3.8) is 0 Å². The Morgan fingerprint density at radius 1 is 1.48 bits per heavy atom. The molecule has 0 spiro atoms. The summed E-state index contributed by atoms with van der Waals surface area (Å²) in [6, 6.07) is 4.97. The van der Waals surface area contributed by atoms with Gasteiger partial charge in [0.05, 0.1) is 19.2 Å². The van der Waals surface area contributed by atoms with E-state index in [4.69, 9.17) is 4.74 Å². The first-order valence-corrected chi connectivity index (χ1v) is 7.55. The number of hydrogen-bond acceptors (Lipinski definition) is 3. The summed E-state index contributed by atoms with van der Waals surface area (Å²) in [6.45, 7) is 4.36. The number of hydrogen-bond donors (Lipinski definition) is 1. The molecule has 2 heterocycles. The highest BCUT2D eigenvalue weighted by Crippen LogP contribution is 2.25. The minimum atomic E-state index is -0.211. The van der Waals surface area contributed by atoms with Crippen LogP contribution in [0.4, 0.5) is 4.39 Å². The van der Waals surface area contributed by atoms with Crippen LogP contribution in [0.2, 0.25) is 0 Å². The largest absolute Gasteiger partial charge is 0.370 e. The highest BCUT2D eigenvalue weighted by molar-refractivity contribution is 5.82. The van der Waals surface area contributed by atoms with E-state index in [1.807, 2.05) is 11.0 Å². The molecule has 1 aromatic rings. The summed E-state index contributed by atoms with van der Waals surface area (Å²) in [5.41, 5.74) is 1.54. The van der Waals surface area contributed by atoms with Crippen LogP contribution in [-0.4, -0.2) is 43.1 Å². The van der Waals surface area contributed by atoms with Gasteiger partial charge in [-0.15, -0.1) is 0 Å². The first-order valence-electron chi connectivity index (χ1n) is 7.55. The number of morpholine rings is 1. The Balaban J connectivity index is 1.70. The van der Waals surface area contributed by atoms with E-state index in [0.717, 1.165) is 24.9 Å². The Bertz CT molecular complexity index is 529. The molecule has 1 N–H and O–H groups in total. The summed E-state index contributed by atoms with van der Waals surface area (Å²) >= 11 is 0. The van der Waals surface area contributed by atoms with E-state index in [2.05, 4.69) is 5.32 Å². The molecular formula is C16H21FN2O2. The molecule has 2 atom stereocenters. The van der Waals surface area contributed by atoms with Crippen molar-refractivity contribution in [3.05, 3.63) is 35.1 Å². The fourth-order valence-corrected chi connectivity index (χ4v) is 3.03. The molecule has 2 aliphatic rings. The number of rotatable bonds is 2. The summed E-state index contributed by atoms with van der Waals surface area (Å²) in [7, 11) is 0. The fourth-order valence-electron chi connectivity index (χ4n) is 3.03. The number of aryl methyl sites for hydroxylation is 1. The van der Waals surface area contributed by atoms with Gasteiger partial charge in [-0.3, -0.25) is 4.79 Å². The minimum absolute atomic E-state index is 0.0429. The van der Waals surface area contributed by atoms with E-state index in [1.54, 1.807) is 13.0 Å². The molecule has 21 heavy (non-hydrogen) atoms. The molecule has 1 amide bonds. The second kappa shape index (κ2) is 6.12. The summed E-state index contributed by atoms with van der Waals surface area (Å²) in [4.78, 5) is 14.3. The van der Waals surface area contributed by atoms with Gasteiger partial charge in [-0.05, 0) is 43.5 Å². The molecular weight excluding hydrogens is 271 g/mol. The maximum atomic E-state index is 13.4. The Kier molecular flexibility index (Phi) is 4.22. The van der Waals surface area contributed by atoms with Crippen LogP contribution >= 0.6 is 0 Å². The molecule has 2 fully saturated rings. The summed E-state index contributed by atoms with van der Waals surface area (Å²) < 4.78 is 19.1. The molecule has 3 rings (SSSR count). The van der Waals surface area contributed by atoms with Crippen molar-refractivity contribution >= 4 is 5.91 Å². The average molecular weight is 292 g/mol. The van der Waals surface area contributed by atoms with Crippen molar-refractivity contribution < 1.29 is 13.9 Å². The predicted molar refractivity (Wildman–Crippen MR) is 77.4 cm³/mol. The van der Waals surface area contributed by atoms with Gasteiger partial charge < -0.3 is 15.0 Å². The minimum Gasteiger partial charge on any atom is -0.370 e. The molecule has 2 saturated heterocycles. The Labute approximate surface area is 124 Å². The number of carbonyl (C=O) groups is 1. The van der Waals surface area contributed by atoms with Crippen LogP contribution in [0.5, 0.6) is 0 Å². The lowest BCUT2D eigenvalue weighted by molar-refractivity contribution is -0.140. The summed E-state index contributed by atoms with van der Waals surface area (Å²) in [5, 5.41) is 3.24. The van der Waals surface area contributed by atoms with Gasteiger partial charge in [0.15, 0.2) is 0 Å². The first kappa shape index (κ1) is 14.5. The molecule has 5 heteroatoms. The number of nitrogens with one attached hydrogen (secondary N) is 1. The summed E-state index contributed by atoms with van der Waals surface area (Å²) in [5.74, 6) is -0.0442. The van der Waals surface area contributed by atoms with E-state index in [-0.39, 0.29) is 23.9 Å². The highest BCUT2D eigenvalue weighted by Gasteiger charge is 2.31. The third kappa shape index (κ3) is 3.09. The third-order valence-corrected chi connectivity index (χ3v) is 4.29. The Hall–Kier alpha value is -1.46. The van der Waals surface area contributed by atoms with Crippen LogP contribution in [0, 0.1) is 12.7 Å². The molecule has 0 aliphatic carbocycles. The van der Waals surface area contributed by atoms with Gasteiger partial charge in [0.25, 0.3) is 0 Å². The van der Waals surface area contributed by atoms with Gasteiger partial charge in [-0.2, -0.15) is 0 Å². The number of carbonyl (C=O) groups excluding carboxylic acids is 1. The van der Waals surface area contributed by atoms with E-state index >= 15 is 0 Å². The lowest BCUT2D eigenvalue weighted by atomic mass is 10.0. The summed E-state index contributed by atoms with van der Waals surface area (Å²) in [6.07, 6.45) is 1.81. The number of benzene rings is 1. The number of amides is 1. The zero-order valence-corrected chi connectivity index (χ0v) is 12.3. The van der Waals surface area contributed by atoms with Crippen LogP contribution in [0.3, 0.4) is 0 Å². The van der Waals surface area contributed by atoms with Crippen molar-refractivity contribution in [2.45, 2.75) is 31.9 Å². The molecule has 0 bridgehead atoms. The van der Waals surface area contributed by atoms with Crippen molar-refractivity contribution in [2.75, 3.05) is 26.2 Å². The molecule has 0 aromatic heterocycles. The molecule has 0 radical (unpaired) electrons. The quantitative estimate of drug-likeness (QED) is 0.903. The lowest BCUT2D eigenvalue weighted by Crippen LogP contribution is -2.49. The van der Waals surface area contributed by atoms with Crippen molar-refractivity contribution in [2.24, 2.45) is 0 Å². The zero-order valence-electron chi connectivity index (χ0n) is 12.3. The van der Waals surface area contributed by atoms with Gasteiger partial charge in [-0.25, -0.2) is 4.39 Å². The molecule has 4 nitrogen and oxygen atoms in total. The number of ether oxygens (including phenoxy) is 1. The van der Waals surface area contributed by atoms with E-state index in [1.165, 1.54) is 6.07 Å². The molecule has 1 aromatic carbocycles. The Morgan fingerprint density at radius 2 is 2.33 bits per heavy atom. The van der Waals surface area contributed by atoms with Gasteiger partial charge >= 0.3 is 0 Å². The number of halogens is 1. The highest BCUT2D eigenvalue weighted by atomic mass is 19.1. The molecule has 114 valence electrons. The lowest BCUT2D eigenvalue weighted by Gasteiger charge is -2.34. The van der Waals surface area contributed by atoms with Gasteiger partial charge in [-0.1, -0.05) is 12.1 Å². The van der Waals surface area contributed by atoms with Crippen LogP contribution in [-0.2, 0) is 9.53 Å². The van der Waals surface area contributed by atoms with Crippen molar-refractivity contribution in [1.82, 2.24) is 10.2 Å².